The number of aldehydes is 1. The summed E-state index contributed by atoms with van der Waals surface area (Å²) >= 11 is 0. The van der Waals surface area contributed by atoms with Gasteiger partial charge in [-0.1, -0.05) is 0 Å². The van der Waals surface area contributed by atoms with E-state index in [9.17, 15) is 13.2 Å². The number of nitrogens with two attached hydrogens (primary N) is 1. The second kappa shape index (κ2) is 2.97. The molecule has 0 aliphatic heterocycles. The van der Waals surface area contributed by atoms with Gasteiger partial charge >= 0.3 is 0 Å². The molecule has 0 fully saturated rings. The molecule has 13 heavy (non-hydrogen) atoms. The van der Waals surface area contributed by atoms with Crippen LogP contribution in [0.5, 0.6) is 0 Å². The molecule has 1 aromatic heterocycles. The summed E-state index contributed by atoms with van der Waals surface area (Å²) in [5.74, 6) is 0. The van der Waals surface area contributed by atoms with Crippen molar-refractivity contribution >= 4 is 16.3 Å². The third-order valence-electron chi connectivity index (χ3n) is 1.95. The average molecular weight is 202 g/mol. The Balaban J connectivity index is 3.51. The first-order chi connectivity index (χ1) is 5.88. The lowest BCUT2D eigenvalue weighted by atomic mass is 10.4. The van der Waals surface area contributed by atoms with Crippen LogP contribution in [0.15, 0.2) is 11.0 Å². The van der Waals surface area contributed by atoms with E-state index in [4.69, 9.17) is 5.14 Å². The number of primary sulfonamides is 1. The fourth-order valence-corrected chi connectivity index (χ4v) is 1.93. The molecule has 1 heterocycles. The maximum atomic E-state index is 11.0. The van der Waals surface area contributed by atoms with Crippen LogP contribution in [0.1, 0.15) is 16.2 Å². The largest absolute Gasteiger partial charge is 0.344 e. The zero-order chi connectivity index (χ0) is 10.2. The molecule has 0 saturated heterocycles. The van der Waals surface area contributed by atoms with E-state index in [0.29, 0.717) is 17.7 Å². The molecule has 5 nitrogen and oxygen atoms in total. The van der Waals surface area contributed by atoms with Gasteiger partial charge in [0.05, 0.1) is 5.69 Å². The van der Waals surface area contributed by atoms with Crippen LogP contribution >= 0.6 is 0 Å². The van der Waals surface area contributed by atoms with E-state index in [1.807, 2.05) is 0 Å². The first-order valence-electron chi connectivity index (χ1n) is 3.52. The quantitative estimate of drug-likeness (QED) is 0.674. The molecule has 0 unspecified atom stereocenters. The molecule has 1 aromatic rings. The van der Waals surface area contributed by atoms with Crippen LogP contribution in [0.2, 0.25) is 0 Å². The zero-order valence-corrected chi connectivity index (χ0v) is 8.13. The predicted octanol–water partition coefficient (Wildman–Crippen LogP) is -0.207. The Hall–Kier alpha value is -1.14. The van der Waals surface area contributed by atoms with E-state index in [2.05, 4.69) is 0 Å². The van der Waals surface area contributed by atoms with E-state index < -0.39 is 10.0 Å². The highest BCUT2D eigenvalue weighted by atomic mass is 32.2. The van der Waals surface area contributed by atoms with Gasteiger partial charge in [-0.2, -0.15) is 0 Å². The maximum absolute atomic E-state index is 11.0. The summed E-state index contributed by atoms with van der Waals surface area (Å²) in [6, 6.07) is 1.26. The van der Waals surface area contributed by atoms with Crippen LogP contribution < -0.4 is 5.14 Å². The number of carbonyl (C=O) groups excluding carboxylic acids is 1. The van der Waals surface area contributed by atoms with Gasteiger partial charge in [-0.3, -0.25) is 4.79 Å². The number of aromatic nitrogens is 1. The number of sulfonamides is 1. The topological polar surface area (TPSA) is 82.2 Å². The minimum Gasteiger partial charge on any atom is -0.344 e. The van der Waals surface area contributed by atoms with Gasteiger partial charge in [0.15, 0.2) is 6.29 Å². The number of rotatable bonds is 2. The molecule has 72 valence electrons. The minimum atomic E-state index is -3.72. The monoisotopic (exact) mass is 202 g/mol. The number of hydrogen-bond donors (Lipinski definition) is 1. The molecule has 6 heteroatoms. The number of nitrogens with zero attached hydrogens (tertiary/aromatic N) is 1. The molecule has 0 spiro atoms. The fraction of sp³-hybridized carbons (Fsp3) is 0.286. The predicted molar refractivity (Wildman–Crippen MR) is 46.9 cm³/mol. The van der Waals surface area contributed by atoms with Crippen molar-refractivity contribution in [2.45, 2.75) is 11.8 Å². The summed E-state index contributed by atoms with van der Waals surface area (Å²) in [5, 5.41) is 4.94. The molecule has 0 atom stereocenters. The first-order valence-corrected chi connectivity index (χ1v) is 5.07. The molecular weight excluding hydrogens is 192 g/mol. The third-order valence-corrected chi connectivity index (χ3v) is 2.98. The molecule has 0 aliphatic carbocycles. The van der Waals surface area contributed by atoms with Gasteiger partial charge in [0.2, 0.25) is 10.0 Å². The zero-order valence-electron chi connectivity index (χ0n) is 7.31. The summed E-state index contributed by atoms with van der Waals surface area (Å²) in [6.07, 6.45) is 0.585. The smallest absolute Gasteiger partial charge is 0.239 e. The van der Waals surface area contributed by atoms with Gasteiger partial charge in [-0.15, -0.1) is 0 Å². The van der Waals surface area contributed by atoms with Crippen LogP contribution in [0.25, 0.3) is 0 Å². The normalized spacial score (nSPS) is 11.6. The van der Waals surface area contributed by atoms with Crippen LogP contribution in [-0.2, 0) is 17.1 Å². The molecule has 0 radical (unpaired) electrons. The summed E-state index contributed by atoms with van der Waals surface area (Å²) < 4.78 is 23.4. The number of carbonyl (C=O) groups is 1. The van der Waals surface area contributed by atoms with E-state index >= 15 is 0 Å². The van der Waals surface area contributed by atoms with E-state index in [1.165, 1.54) is 10.6 Å². The molecule has 0 amide bonds. The highest BCUT2D eigenvalue weighted by Gasteiger charge is 2.16. The lowest BCUT2D eigenvalue weighted by Crippen LogP contribution is -2.12. The standard InChI is InChI=1S/C7H10N2O3S/c1-5-7(13(8,11)12)3-6(4-10)9(5)2/h3-4H,1-2H3,(H2,8,11,12). The van der Waals surface area contributed by atoms with E-state index in [1.54, 1.807) is 14.0 Å². The molecule has 1 rings (SSSR count). The summed E-state index contributed by atoms with van der Waals surface area (Å²) in [5.41, 5.74) is 0.756. The second-order valence-electron chi connectivity index (χ2n) is 2.74. The van der Waals surface area contributed by atoms with Crippen molar-refractivity contribution in [2.24, 2.45) is 12.2 Å². The lowest BCUT2D eigenvalue weighted by Gasteiger charge is -1.99. The highest BCUT2D eigenvalue weighted by Crippen LogP contribution is 2.16. The van der Waals surface area contributed by atoms with E-state index in [-0.39, 0.29) is 4.90 Å². The fourth-order valence-electron chi connectivity index (χ4n) is 1.10. The van der Waals surface area contributed by atoms with Crippen LogP contribution in [0, 0.1) is 6.92 Å². The Morgan fingerprint density at radius 2 is 2.08 bits per heavy atom. The van der Waals surface area contributed by atoms with Gasteiger partial charge in [0.1, 0.15) is 4.90 Å². The van der Waals surface area contributed by atoms with Crippen molar-refractivity contribution in [3.8, 4) is 0 Å². The van der Waals surface area contributed by atoms with Crippen LogP contribution in [-0.4, -0.2) is 19.3 Å². The Kier molecular flexibility index (Phi) is 2.27. The highest BCUT2D eigenvalue weighted by molar-refractivity contribution is 7.89. The second-order valence-corrected chi connectivity index (χ2v) is 4.27. The Labute approximate surface area is 76.2 Å². The molecule has 0 aliphatic rings. The van der Waals surface area contributed by atoms with Gasteiger partial charge in [0.25, 0.3) is 0 Å². The van der Waals surface area contributed by atoms with Crippen molar-refractivity contribution < 1.29 is 13.2 Å². The van der Waals surface area contributed by atoms with Gasteiger partial charge in [0, 0.05) is 12.7 Å². The summed E-state index contributed by atoms with van der Waals surface area (Å²) in [7, 11) is -2.12. The van der Waals surface area contributed by atoms with Crippen molar-refractivity contribution in [2.75, 3.05) is 0 Å². The maximum Gasteiger partial charge on any atom is 0.239 e. The molecule has 2 N–H and O–H groups in total. The van der Waals surface area contributed by atoms with Gasteiger partial charge in [-0.25, -0.2) is 13.6 Å². The Bertz CT molecular complexity index is 445. The molecule has 0 bridgehead atoms. The first kappa shape index (κ1) is 9.94. The van der Waals surface area contributed by atoms with Gasteiger partial charge in [-0.05, 0) is 13.0 Å². The van der Waals surface area contributed by atoms with Crippen molar-refractivity contribution in [3.63, 3.8) is 0 Å². The number of hydrogen-bond acceptors (Lipinski definition) is 3. The van der Waals surface area contributed by atoms with Crippen LogP contribution in [0.4, 0.5) is 0 Å². The summed E-state index contributed by atoms with van der Waals surface area (Å²) in [6.45, 7) is 1.59. The third kappa shape index (κ3) is 1.63. The molecular formula is C7H10N2O3S. The molecule has 0 saturated carbocycles. The van der Waals surface area contributed by atoms with Crippen molar-refractivity contribution in [3.05, 3.63) is 17.5 Å². The Morgan fingerprint density at radius 1 is 1.54 bits per heavy atom. The lowest BCUT2D eigenvalue weighted by molar-refractivity contribution is 0.111. The Morgan fingerprint density at radius 3 is 2.31 bits per heavy atom. The average Bonchev–Trinajstić information content (AvgIpc) is 2.28. The van der Waals surface area contributed by atoms with E-state index in [0.717, 1.165) is 0 Å². The SMILES string of the molecule is Cc1c(S(N)(=O)=O)cc(C=O)n1C. The van der Waals surface area contributed by atoms with Crippen LogP contribution in [0.3, 0.4) is 0 Å². The van der Waals surface area contributed by atoms with Gasteiger partial charge < -0.3 is 4.57 Å². The minimum absolute atomic E-state index is 0.00269. The summed E-state index contributed by atoms with van der Waals surface area (Å²) in [4.78, 5) is 10.5. The van der Waals surface area contributed by atoms with Crippen molar-refractivity contribution in [1.29, 1.82) is 0 Å². The molecule has 0 aromatic carbocycles. The van der Waals surface area contributed by atoms with Crippen molar-refractivity contribution in [1.82, 2.24) is 4.57 Å².